The van der Waals surface area contributed by atoms with Gasteiger partial charge in [-0.2, -0.15) is 0 Å². The number of aryl methyl sites for hydroxylation is 1. The molecule has 0 bridgehead atoms. The summed E-state index contributed by atoms with van der Waals surface area (Å²) in [5.41, 5.74) is 10.8. The van der Waals surface area contributed by atoms with Gasteiger partial charge in [0.25, 0.3) is 0 Å². The van der Waals surface area contributed by atoms with Crippen molar-refractivity contribution in [3.8, 4) is 0 Å². The topological polar surface area (TPSA) is 38.9 Å². The van der Waals surface area contributed by atoms with Crippen LogP contribution in [0.2, 0.25) is 0 Å². The van der Waals surface area contributed by atoms with E-state index in [1.54, 1.807) is 0 Å². The lowest BCUT2D eigenvalue weighted by molar-refractivity contribution is 0.401. The molecule has 1 saturated carbocycles. The number of nitrogens with zero attached hydrogens (tertiary/aromatic N) is 1. The zero-order valence-electron chi connectivity index (χ0n) is 12.8. The molecule has 0 amide bonds. The van der Waals surface area contributed by atoms with Crippen LogP contribution in [0.15, 0.2) is 35.9 Å². The highest BCUT2D eigenvalue weighted by atomic mass is 14.7. The van der Waals surface area contributed by atoms with Crippen LogP contribution < -0.4 is 5.73 Å². The molecule has 3 rings (SSSR count). The summed E-state index contributed by atoms with van der Waals surface area (Å²) < 4.78 is 0. The van der Waals surface area contributed by atoms with E-state index in [2.05, 4.69) is 41.4 Å². The molecule has 110 valence electrons. The Morgan fingerprint density at radius 2 is 2.00 bits per heavy atom. The number of aromatic nitrogens is 1. The summed E-state index contributed by atoms with van der Waals surface area (Å²) in [5, 5.41) is 1.20. The van der Waals surface area contributed by atoms with Gasteiger partial charge < -0.3 is 5.73 Å². The fraction of sp³-hybridized carbons (Fsp3) is 0.421. The van der Waals surface area contributed by atoms with Gasteiger partial charge >= 0.3 is 0 Å². The average molecular weight is 280 g/mol. The van der Waals surface area contributed by atoms with Crippen molar-refractivity contribution in [2.75, 3.05) is 6.54 Å². The third-order valence-corrected chi connectivity index (χ3v) is 4.57. The van der Waals surface area contributed by atoms with Gasteiger partial charge in [0.1, 0.15) is 0 Å². The highest BCUT2D eigenvalue weighted by Gasteiger charge is 2.16. The van der Waals surface area contributed by atoms with Gasteiger partial charge in [-0.1, -0.05) is 43.0 Å². The van der Waals surface area contributed by atoms with E-state index in [0.29, 0.717) is 12.5 Å². The maximum atomic E-state index is 6.00. The van der Waals surface area contributed by atoms with Gasteiger partial charge in [-0.25, -0.2) is 0 Å². The summed E-state index contributed by atoms with van der Waals surface area (Å²) in [6, 6.07) is 10.7. The molecule has 0 aliphatic heterocycles. The summed E-state index contributed by atoms with van der Waals surface area (Å²) in [5.74, 6) is 0.690. The summed E-state index contributed by atoms with van der Waals surface area (Å²) in [4.78, 5) is 4.56. The Kier molecular flexibility index (Phi) is 4.35. The fourth-order valence-corrected chi connectivity index (χ4v) is 3.37. The first-order valence-electron chi connectivity index (χ1n) is 8.04. The Morgan fingerprint density at radius 1 is 1.19 bits per heavy atom. The molecule has 0 radical (unpaired) electrons. The van der Waals surface area contributed by atoms with Crippen molar-refractivity contribution in [3.63, 3.8) is 0 Å². The summed E-state index contributed by atoms with van der Waals surface area (Å²) >= 11 is 0. The van der Waals surface area contributed by atoms with Gasteiger partial charge in [-0.15, -0.1) is 0 Å². The monoisotopic (exact) mass is 280 g/mol. The number of fused-ring (bicyclic) bond motifs is 1. The zero-order valence-corrected chi connectivity index (χ0v) is 12.8. The number of rotatable bonds is 3. The molecule has 1 aliphatic carbocycles. The highest BCUT2D eigenvalue weighted by Crippen LogP contribution is 2.30. The Bertz CT molecular complexity index is 652. The van der Waals surface area contributed by atoms with Crippen molar-refractivity contribution < 1.29 is 0 Å². The molecular weight excluding hydrogens is 256 g/mol. The molecule has 2 nitrogen and oxygen atoms in total. The smallest absolute Gasteiger partial charge is 0.0705 e. The van der Waals surface area contributed by atoms with E-state index in [9.17, 15) is 0 Å². The van der Waals surface area contributed by atoms with Crippen molar-refractivity contribution in [2.45, 2.75) is 39.0 Å². The minimum Gasteiger partial charge on any atom is -0.327 e. The second-order valence-electron chi connectivity index (χ2n) is 6.16. The molecule has 1 aromatic heterocycles. The summed E-state index contributed by atoms with van der Waals surface area (Å²) in [6.07, 6.45) is 8.99. The summed E-state index contributed by atoms with van der Waals surface area (Å²) in [7, 11) is 0. The van der Waals surface area contributed by atoms with Crippen LogP contribution in [0.4, 0.5) is 0 Å². The molecule has 1 fully saturated rings. The van der Waals surface area contributed by atoms with Crippen molar-refractivity contribution in [2.24, 2.45) is 11.7 Å². The minimum atomic E-state index is 0.675. The van der Waals surface area contributed by atoms with Crippen LogP contribution in [0.3, 0.4) is 0 Å². The van der Waals surface area contributed by atoms with Crippen molar-refractivity contribution in [1.82, 2.24) is 4.98 Å². The molecule has 1 heterocycles. The van der Waals surface area contributed by atoms with E-state index in [-0.39, 0.29) is 0 Å². The van der Waals surface area contributed by atoms with Crippen LogP contribution in [0.25, 0.3) is 17.0 Å². The van der Waals surface area contributed by atoms with Crippen LogP contribution in [-0.2, 0) is 0 Å². The zero-order chi connectivity index (χ0) is 14.7. The highest BCUT2D eigenvalue weighted by molar-refractivity contribution is 5.81. The van der Waals surface area contributed by atoms with Crippen molar-refractivity contribution >= 4 is 17.0 Å². The predicted molar refractivity (Wildman–Crippen MR) is 90.1 cm³/mol. The lowest BCUT2D eigenvalue weighted by atomic mass is 9.83. The largest absolute Gasteiger partial charge is 0.327 e. The molecule has 0 unspecified atom stereocenters. The second-order valence-corrected chi connectivity index (χ2v) is 6.16. The standard InChI is InChI=1S/C19H24N2/c1-14-7-9-17-11-15(8-10-19(17)21-14)12-18(13-20)16-5-3-2-4-6-16/h7-12,16H,2-6,13,20H2,1H3/b18-12-. The van der Waals surface area contributed by atoms with Gasteiger partial charge in [0, 0.05) is 17.6 Å². The third-order valence-electron chi connectivity index (χ3n) is 4.57. The fourth-order valence-electron chi connectivity index (χ4n) is 3.37. The molecule has 0 spiro atoms. The molecule has 2 N–H and O–H groups in total. The Hall–Kier alpha value is -1.67. The molecule has 1 aliphatic rings. The Balaban J connectivity index is 1.90. The molecular formula is C19H24N2. The van der Waals surface area contributed by atoms with Gasteiger partial charge in [0.15, 0.2) is 0 Å². The lowest BCUT2D eigenvalue weighted by Gasteiger charge is -2.24. The van der Waals surface area contributed by atoms with E-state index in [1.165, 1.54) is 48.6 Å². The quantitative estimate of drug-likeness (QED) is 0.901. The molecule has 0 atom stereocenters. The average Bonchev–Trinajstić information content (AvgIpc) is 2.53. The van der Waals surface area contributed by atoms with Gasteiger partial charge in [-0.3, -0.25) is 4.98 Å². The van der Waals surface area contributed by atoms with E-state index in [0.717, 1.165) is 11.2 Å². The maximum absolute atomic E-state index is 6.00. The van der Waals surface area contributed by atoms with E-state index in [1.807, 2.05) is 6.92 Å². The minimum absolute atomic E-state index is 0.675. The molecule has 2 heteroatoms. The molecule has 0 saturated heterocycles. The van der Waals surface area contributed by atoms with Crippen LogP contribution in [0.5, 0.6) is 0 Å². The van der Waals surface area contributed by atoms with E-state index in [4.69, 9.17) is 5.73 Å². The van der Waals surface area contributed by atoms with Crippen LogP contribution >= 0.6 is 0 Å². The van der Waals surface area contributed by atoms with Gasteiger partial charge in [0.2, 0.25) is 0 Å². The third kappa shape index (κ3) is 3.33. The number of hydrogen-bond acceptors (Lipinski definition) is 2. The number of hydrogen-bond donors (Lipinski definition) is 1. The first-order chi connectivity index (χ1) is 10.3. The number of benzene rings is 1. The van der Waals surface area contributed by atoms with Gasteiger partial charge in [-0.05, 0) is 49.4 Å². The van der Waals surface area contributed by atoms with Crippen LogP contribution in [-0.4, -0.2) is 11.5 Å². The Morgan fingerprint density at radius 3 is 2.76 bits per heavy atom. The van der Waals surface area contributed by atoms with E-state index < -0.39 is 0 Å². The molecule has 1 aromatic carbocycles. The lowest BCUT2D eigenvalue weighted by Crippen LogP contribution is -2.16. The van der Waals surface area contributed by atoms with Crippen molar-refractivity contribution in [3.05, 3.63) is 47.2 Å². The number of nitrogens with two attached hydrogens (primary N) is 1. The van der Waals surface area contributed by atoms with Crippen molar-refractivity contribution in [1.29, 1.82) is 0 Å². The molecule has 2 aromatic rings. The second kappa shape index (κ2) is 6.40. The maximum Gasteiger partial charge on any atom is 0.0705 e. The SMILES string of the molecule is Cc1ccc2cc(/C=C(/CN)C3CCCCC3)ccc2n1. The molecule has 21 heavy (non-hydrogen) atoms. The normalized spacial score (nSPS) is 17.3. The van der Waals surface area contributed by atoms with Gasteiger partial charge in [0.05, 0.1) is 5.52 Å². The Labute approximate surface area is 127 Å². The first-order valence-corrected chi connectivity index (χ1v) is 8.04. The predicted octanol–water partition coefficient (Wildman–Crippen LogP) is 4.47. The van der Waals surface area contributed by atoms with E-state index >= 15 is 0 Å². The van der Waals surface area contributed by atoms with Crippen LogP contribution in [0, 0.1) is 12.8 Å². The summed E-state index contributed by atoms with van der Waals surface area (Å²) in [6.45, 7) is 2.71. The van der Waals surface area contributed by atoms with Crippen LogP contribution in [0.1, 0.15) is 43.4 Å². The first kappa shape index (κ1) is 14.3. The number of pyridine rings is 1.